The van der Waals surface area contributed by atoms with E-state index in [0.29, 0.717) is 23.8 Å². The van der Waals surface area contributed by atoms with Gasteiger partial charge in [0.05, 0.1) is 11.4 Å². The lowest BCUT2D eigenvalue weighted by Crippen LogP contribution is -2.11. The number of anilines is 2. The molecule has 112 valence electrons. The van der Waals surface area contributed by atoms with Gasteiger partial charge in [0.25, 0.3) is 5.22 Å². The molecule has 0 aliphatic heterocycles. The van der Waals surface area contributed by atoms with Gasteiger partial charge in [-0.2, -0.15) is 0 Å². The van der Waals surface area contributed by atoms with Crippen molar-refractivity contribution in [3.63, 3.8) is 0 Å². The van der Waals surface area contributed by atoms with Crippen LogP contribution < -0.4 is 11.1 Å². The lowest BCUT2D eigenvalue weighted by atomic mass is 10.2. The minimum Gasteiger partial charge on any atom is -0.440 e. The molecule has 0 radical (unpaired) electrons. The molecule has 0 fully saturated rings. The molecule has 2 rings (SSSR count). The maximum atomic E-state index is 13.0. The number of benzene rings is 1. The van der Waals surface area contributed by atoms with Crippen molar-refractivity contribution < 1.29 is 13.6 Å². The maximum Gasteiger partial charge on any atom is 0.255 e. The Kier molecular flexibility index (Phi) is 5.21. The summed E-state index contributed by atoms with van der Waals surface area (Å²) in [5.41, 5.74) is 6.79. The van der Waals surface area contributed by atoms with E-state index in [1.54, 1.807) is 6.26 Å². The number of thioether (sulfide) groups is 1. The van der Waals surface area contributed by atoms with Crippen molar-refractivity contribution in [1.82, 2.24) is 4.98 Å². The van der Waals surface area contributed by atoms with Gasteiger partial charge in [-0.3, -0.25) is 4.79 Å². The minimum atomic E-state index is -0.495. The fourth-order valence-corrected chi connectivity index (χ4v) is 2.42. The molecular weight excluding hydrogens is 293 g/mol. The Morgan fingerprint density at radius 3 is 3.00 bits per heavy atom. The van der Waals surface area contributed by atoms with Crippen LogP contribution in [0.15, 0.2) is 34.1 Å². The van der Waals surface area contributed by atoms with Crippen LogP contribution >= 0.6 is 11.8 Å². The van der Waals surface area contributed by atoms with Gasteiger partial charge in [0, 0.05) is 17.9 Å². The number of nitrogens with one attached hydrogen (secondary N) is 1. The van der Waals surface area contributed by atoms with Gasteiger partial charge >= 0.3 is 0 Å². The molecule has 0 saturated heterocycles. The molecular formula is C14H16FN3O2S. The van der Waals surface area contributed by atoms with E-state index in [1.165, 1.54) is 30.0 Å². The van der Waals surface area contributed by atoms with Crippen molar-refractivity contribution in [3.8, 4) is 0 Å². The zero-order chi connectivity index (χ0) is 15.2. The summed E-state index contributed by atoms with van der Waals surface area (Å²) in [7, 11) is 0. The highest BCUT2D eigenvalue weighted by atomic mass is 32.2. The van der Waals surface area contributed by atoms with Gasteiger partial charge in [0.1, 0.15) is 12.1 Å². The molecule has 7 heteroatoms. The molecule has 0 spiro atoms. The number of amides is 1. The van der Waals surface area contributed by atoms with Crippen LogP contribution in [0.1, 0.15) is 18.5 Å². The lowest BCUT2D eigenvalue weighted by Gasteiger charge is -2.06. The normalized spacial score (nSPS) is 10.6. The molecule has 3 N–H and O–H groups in total. The van der Waals surface area contributed by atoms with E-state index in [1.807, 2.05) is 6.92 Å². The third-order valence-electron chi connectivity index (χ3n) is 2.65. The first-order valence-corrected chi connectivity index (χ1v) is 7.43. The van der Waals surface area contributed by atoms with Gasteiger partial charge in [-0.15, -0.1) is 0 Å². The zero-order valence-corrected chi connectivity index (χ0v) is 12.4. The van der Waals surface area contributed by atoms with Crippen LogP contribution in [-0.4, -0.2) is 16.6 Å². The number of nitrogens with zero attached hydrogens (tertiary/aromatic N) is 1. The van der Waals surface area contributed by atoms with E-state index in [9.17, 15) is 9.18 Å². The fraction of sp³-hybridized carbons (Fsp3) is 0.286. The Hall–Kier alpha value is -2.02. The number of carbonyl (C=O) groups is 1. The molecule has 1 heterocycles. The Labute approximate surface area is 126 Å². The minimum absolute atomic E-state index is 0.0163. The third-order valence-corrected chi connectivity index (χ3v) is 3.58. The summed E-state index contributed by atoms with van der Waals surface area (Å²) in [5, 5.41) is 3.29. The van der Waals surface area contributed by atoms with Gasteiger partial charge in [-0.05, 0) is 31.5 Å². The number of aryl methyl sites for hydroxylation is 1. The average Bonchev–Trinajstić information content (AvgIpc) is 2.85. The summed E-state index contributed by atoms with van der Waals surface area (Å²) >= 11 is 1.47. The summed E-state index contributed by atoms with van der Waals surface area (Å²) in [5.74, 6) is 0.106. The van der Waals surface area contributed by atoms with Crippen molar-refractivity contribution in [2.45, 2.75) is 25.0 Å². The standard InChI is InChI=1S/C14H16FN3O2S/c1-9-8-20-14(17-9)21-6-2-3-13(19)18-10-4-5-11(15)12(16)7-10/h4-5,7-8H,2-3,6,16H2,1H3,(H,18,19). The topological polar surface area (TPSA) is 81.2 Å². The molecule has 1 aromatic carbocycles. The second kappa shape index (κ2) is 7.12. The van der Waals surface area contributed by atoms with E-state index in [4.69, 9.17) is 10.2 Å². The fourth-order valence-electron chi connectivity index (χ4n) is 1.64. The van der Waals surface area contributed by atoms with Crippen LogP contribution in [0.25, 0.3) is 0 Å². The average molecular weight is 309 g/mol. The van der Waals surface area contributed by atoms with Gasteiger partial charge in [0.15, 0.2) is 0 Å². The quantitative estimate of drug-likeness (QED) is 0.486. The van der Waals surface area contributed by atoms with Crippen LogP contribution in [-0.2, 0) is 4.79 Å². The summed E-state index contributed by atoms with van der Waals surface area (Å²) in [4.78, 5) is 15.9. The Balaban J connectivity index is 1.71. The highest BCUT2D eigenvalue weighted by Crippen LogP contribution is 2.19. The smallest absolute Gasteiger partial charge is 0.255 e. The second-order valence-corrected chi connectivity index (χ2v) is 5.54. The predicted molar refractivity (Wildman–Crippen MR) is 80.6 cm³/mol. The van der Waals surface area contributed by atoms with Crippen LogP contribution in [0.5, 0.6) is 0 Å². The van der Waals surface area contributed by atoms with Crippen LogP contribution in [0.2, 0.25) is 0 Å². The third kappa shape index (κ3) is 4.78. The van der Waals surface area contributed by atoms with Crippen molar-refractivity contribution >= 4 is 29.0 Å². The van der Waals surface area contributed by atoms with Crippen molar-refractivity contribution in [2.75, 3.05) is 16.8 Å². The SMILES string of the molecule is Cc1coc(SCCCC(=O)Nc2ccc(F)c(N)c2)n1. The van der Waals surface area contributed by atoms with Gasteiger partial charge < -0.3 is 15.5 Å². The number of hydrogen-bond donors (Lipinski definition) is 2. The number of oxazole rings is 1. The predicted octanol–water partition coefficient (Wildman–Crippen LogP) is 3.22. The summed E-state index contributed by atoms with van der Waals surface area (Å²) in [6, 6.07) is 4.11. The summed E-state index contributed by atoms with van der Waals surface area (Å²) in [6.45, 7) is 1.86. The molecule has 0 aliphatic carbocycles. The molecule has 0 aliphatic rings. The number of carbonyl (C=O) groups excluding carboxylic acids is 1. The highest BCUT2D eigenvalue weighted by Gasteiger charge is 2.06. The Bertz CT molecular complexity index is 630. The van der Waals surface area contributed by atoms with Gasteiger partial charge in [-0.25, -0.2) is 9.37 Å². The summed E-state index contributed by atoms with van der Waals surface area (Å²) in [6.07, 6.45) is 2.65. The van der Waals surface area contributed by atoms with Gasteiger partial charge in [-0.1, -0.05) is 11.8 Å². The molecule has 2 aromatic rings. The van der Waals surface area contributed by atoms with E-state index < -0.39 is 5.82 Å². The molecule has 0 atom stereocenters. The number of halogens is 1. The molecule has 0 bridgehead atoms. The molecule has 21 heavy (non-hydrogen) atoms. The first kappa shape index (κ1) is 15.4. The van der Waals surface area contributed by atoms with Crippen LogP contribution in [0, 0.1) is 12.7 Å². The van der Waals surface area contributed by atoms with Crippen LogP contribution in [0.4, 0.5) is 15.8 Å². The Morgan fingerprint density at radius 2 is 2.33 bits per heavy atom. The Morgan fingerprint density at radius 1 is 1.52 bits per heavy atom. The van der Waals surface area contributed by atoms with Crippen molar-refractivity contribution in [2.24, 2.45) is 0 Å². The molecule has 5 nitrogen and oxygen atoms in total. The number of rotatable bonds is 6. The number of nitrogen functional groups attached to an aromatic ring is 1. The first-order chi connectivity index (χ1) is 10.0. The highest BCUT2D eigenvalue weighted by molar-refractivity contribution is 7.99. The number of aromatic nitrogens is 1. The van der Waals surface area contributed by atoms with E-state index in [-0.39, 0.29) is 11.6 Å². The number of nitrogens with two attached hydrogens (primary N) is 1. The first-order valence-electron chi connectivity index (χ1n) is 6.44. The molecule has 0 saturated carbocycles. The lowest BCUT2D eigenvalue weighted by molar-refractivity contribution is -0.116. The number of hydrogen-bond acceptors (Lipinski definition) is 5. The maximum absolute atomic E-state index is 13.0. The zero-order valence-electron chi connectivity index (χ0n) is 11.6. The van der Waals surface area contributed by atoms with Crippen molar-refractivity contribution in [1.29, 1.82) is 0 Å². The van der Waals surface area contributed by atoms with E-state index in [0.717, 1.165) is 11.4 Å². The van der Waals surface area contributed by atoms with E-state index >= 15 is 0 Å². The van der Waals surface area contributed by atoms with Gasteiger partial charge in [0.2, 0.25) is 5.91 Å². The molecule has 1 amide bonds. The molecule has 0 unspecified atom stereocenters. The van der Waals surface area contributed by atoms with E-state index in [2.05, 4.69) is 10.3 Å². The summed E-state index contributed by atoms with van der Waals surface area (Å²) < 4.78 is 18.2. The second-order valence-electron chi connectivity index (χ2n) is 4.49. The van der Waals surface area contributed by atoms with Crippen molar-refractivity contribution in [3.05, 3.63) is 36.0 Å². The monoisotopic (exact) mass is 309 g/mol. The molecule has 1 aromatic heterocycles. The van der Waals surface area contributed by atoms with Crippen LogP contribution in [0.3, 0.4) is 0 Å². The largest absolute Gasteiger partial charge is 0.440 e.